The van der Waals surface area contributed by atoms with Gasteiger partial charge in [-0.2, -0.15) is 13.2 Å². The molecule has 0 aliphatic heterocycles. The highest BCUT2D eigenvalue weighted by molar-refractivity contribution is 5.78. The summed E-state index contributed by atoms with van der Waals surface area (Å²) < 4.78 is 91.8. The van der Waals surface area contributed by atoms with Crippen molar-refractivity contribution in [3.05, 3.63) is 93.4 Å². The van der Waals surface area contributed by atoms with Crippen LogP contribution in [0.25, 0.3) is 0 Å². The number of nitrogens with zero attached hydrogens (tertiary/aromatic N) is 1. The smallest absolute Gasteiger partial charge is 0.416 e. The van der Waals surface area contributed by atoms with E-state index in [1.54, 1.807) is 6.07 Å². The molecule has 1 saturated carbocycles. The van der Waals surface area contributed by atoms with Crippen molar-refractivity contribution in [1.29, 1.82) is 0 Å². The molecule has 0 amide bonds. The minimum atomic E-state index is -4.55. The summed E-state index contributed by atoms with van der Waals surface area (Å²) in [5.74, 6) is -9.34. The third-order valence-corrected chi connectivity index (χ3v) is 8.41. The van der Waals surface area contributed by atoms with Gasteiger partial charge in [0.05, 0.1) is 11.5 Å². The standard InChI is InChI=1S/C29H23F6NO3/c1-27(2)10-16(14-5-3-4-6-18(14)29(33,34)35)15-7-13(21(30)8-19(15)27)12-39-22-9-20-17(11-36-22)23-24(26(37)38)25(23)28(20,31)32/h3-9,11,16,23-25H,10,12H2,1-2H3,(H,37,38)/t16?,23-,24-,25?/m1/s1. The number of carboxylic acid groups (broad SMARTS) is 1. The molecule has 0 saturated heterocycles. The van der Waals surface area contributed by atoms with Crippen LogP contribution in [0.5, 0.6) is 5.88 Å². The van der Waals surface area contributed by atoms with Gasteiger partial charge in [-0.1, -0.05) is 32.0 Å². The number of carboxylic acids is 1. The second-order valence-corrected chi connectivity index (χ2v) is 11.2. The van der Waals surface area contributed by atoms with E-state index in [-0.39, 0.29) is 34.7 Å². The molecule has 4 atom stereocenters. The molecule has 6 rings (SSSR count). The van der Waals surface area contributed by atoms with Crippen molar-refractivity contribution in [2.75, 3.05) is 0 Å². The third kappa shape index (κ3) is 3.90. The maximum atomic E-state index is 15.2. The fourth-order valence-corrected chi connectivity index (χ4v) is 6.56. The van der Waals surface area contributed by atoms with Crippen LogP contribution in [0.15, 0.2) is 48.7 Å². The number of hydrogen-bond donors (Lipinski definition) is 1. The summed E-state index contributed by atoms with van der Waals surface area (Å²) in [7, 11) is 0. The molecule has 0 radical (unpaired) electrons. The highest BCUT2D eigenvalue weighted by Crippen LogP contribution is 2.70. The third-order valence-electron chi connectivity index (χ3n) is 8.41. The molecule has 1 fully saturated rings. The molecule has 0 bridgehead atoms. The number of aliphatic carboxylic acids is 1. The molecule has 10 heteroatoms. The molecule has 4 nitrogen and oxygen atoms in total. The van der Waals surface area contributed by atoms with Gasteiger partial charge in [-0.3, -0.25) is 4.79 Å². The molecule has 2 unspecified atom stereocenters. The first kappa shape index (κ1) is 25.7. The fourth-order valence-electron chi connectivity index (χ4n) is 6.56. The van der Waals surface area contributed by atoms with E-state index in [0.717, 1.165) is 12.1 Å². The normalized spacial score (nSPS) is 25.5. The van der Waals surface area contributed by atoms with Crippen molar-refractivity contribution in [2.24, 2.45) is 11.8 Å². The number of alkyl halides is 5. The summed E-state index contributed by atoms with van der Waals surface area (Å²) in [5.41, 5.74) is -0.173. The molecule has 1 aromatic heterocycles. The SMILES string of the molecule is CC1(C)CC(c2ccccc2C(F)(F)F)c2cc(COc3cc4c(cn3)[C@H]3C([C@@H]3C(=O)O)C4(F)F)c(F)cc21. The highest BCUT2D eigenvalue weighted by Gasteiger charge is 2.73. The average molecular weight is 547 g/mol. The van der Waals surface area contributed by atoms with Crippen molar-refractivity contribution in [1.82, 2.24) is 4.98 Å². The van der Waals surface area contributed by atoms with Gasteiger partial charge in [0.2, 0.25) is 5.88 Å². The lowest BCUT2D eigenvalue weighted by atomic mass is 9.84. The average Bonchev–Trinajstić information content (AvgIpc) is 3.52. The number of ether oxygens (including phenoxy) is 1. The maximum Gasteiger partial charge on any atom is 0.416 e. The van der Waals surface area contributed by atoms with Crippen LogP contribution in [0.2, 0.25) is 0 Å². The number of pyridine rings is 1. The van der Waals surface area contributed by atoms with Gasteiger partial charge in [-0.25, -0.2) is 18.2 Å². The van der Waals surface area contributed by atoms with Crippen LogP contribution in [-0.2, 0) is 28.9 Å². The Balaban J connectivity index is 1.30. The number of aromatic nitrogens is 1. The molecular formula is C29H23F6NO3. The van der Waals surface area contributed by atoms with Crippen LogP contribution in [0.4, 0.5) is 26.3 Å². The molecule has 3 aliphatic carbocycles. The highest BCUT2D eigenvalue weighted by atomic mass is 19.4. The monoisotopic (exact) mass is 547 g/mol. The Hall–Kier alpha value is -3.56. The van der Waals surface area contributed by atoms with Crippen molar-refractivity contribution >= 4 is 5.97 Å². The Kier molecular flexibility index (Phi) is 5.42. The van der Waals surface area contributed by atoms with Gasteiger partial charge < -0.3 is 9.84 Å². The van der Waals surface area contributed by atoms with Gasteiger partial charge in [0.25, 0.3) is 5.92 Å². The van der Waals surface area contributed by atoms with E-state index in [2.05, 4.69) is 4.98 Å². The number of fused-ring (bicyclic) bond motifs is 4. The topological polar surface area (TPSA) is 59.4 Å². The molecule has 1 heterocycles. The minimum Gasteiger partial charge on any atom is -0.481 e. The predicted octanol–water partition coefficient (Wildman–Crippen LogP) is 7.15. The molecule has 3 aliphatic rings. The summed E-state index contributed by atoms with van der Waals surface area (Å²) in [5, 5.41) is 9.18. The Labute approximate surface area is 219 Å². The van der Waals surface area contributed by atoms with E-state index in [4.69, 9.17) is 4.74 Å². The van der Waals surface area contributed by atoms with E-state index < -0.39 is 58.5 Å². The summed E-state index contributed by atoms with van der Waals surface area (Å²) >= 11 is 0. The van der Waals surface area contributed by atoms with Crippen LogP contribution < -0.4 is 4.74 Å². The molecule has 204 valence electrons. The Morgan fingerprint density at radius 2 is 1.79 bits per heavy atom. The van der Waals surface area contributed by atoms with E-state index in [1.165, 1.54) is 30.5 Å². The molecule has 2 aromatic carbocycles. The zero-order valence-electron chi connectivity index (χ0n) is 20.8. The number of rotatable bonds is 5. The Morgan fingerprint density at radius 1 is 1.08 bits per heavy atom. The lowest BCUT2D eigenvalue weighted by Gasteiger charge is -2.21. The van der Waals surface area contributed by atoms with Crippen molar-refractivity contribution in [3.8, 4) is 5.88 Å². The van der Waals surface area contributed by atoms with Crippen molar-refractivity contribution in [2.45, 2.75) is 56.2 Å². The first-order valence-electron chi connectivity index (χ1n) is 12.4. The quantitative estimate of drug-likeness (QED) is 0.345. The van der Waals surface area contributed by atoms with E-state index in [0.29, 0.717) is 17.5 Å². The lowest BCUT2D eigenvalue weighted by Crippen LogP contribution is -2.19. The van der Waals surface area contributed by atoms with Crippen LogP contribution in [0, 0.1) is 17.7 Å². The van der Waals surface area contributed by atoms with E-state index in [1.807, 2.05) is 13.8 Å². The summed E-state index contributed by atoms with van der Waals surface area (Å²) in [6.45, 7) is 3.33. The zero-order chi connectivity index (χ0) is 28.1. The number of carbonyl (C=O) groups is 1. The van der Waals surface area contributed by atoms with Crippen LogP contribution in [0.3, 0.4) is 0 Å². The van der Waals surface area contributed by atoms with Gasteiger partial charge in [0, 0.05) is 41.1 Å². The van der Waals surface area contributed by atoms with Gasteiger partial charge in [0.1, 0.15) is 12.4 Å². The van der Waals surface area contributed by atoms with Crippen molar-refractivity contribution in [3.63, 3.8) is 0 Å². The molecule has 39 heavy (non-hydrogen) atoms. The zero-order valence-corrected chi connectivity index (χ0v) is 20.8. The van der Waals surface area contributed by atoms with Crippen LogP contribution >= 0.6 is 0 Å². The Morgan fingerprint density at radius 3 is 2.49 bits per heavy atom. The molecule has 3 aromatic rings. The second-order valence-electron chi connectivity index (χ2n) is 11.2. The number of benzene rings is 2. The number of halogens is 6. The second kappa shape index (κ2) is 8.22. The molecule has 1 N–H and O–H groups in total. The van der Waals surface area contributed by atoms with Crippen molar-refractivity contribution < 1.29 is 41.0 Å². The summed E-state index contributed by atoms with van der Waals surface area (Å²) in [4.78, 5) is 15.3. The van der Waals surface area contributed by atoms with Gasteiger partial charge in [-0.05, 0) is 52.3 Å². The first-order valence-corrected chi connectivity index (χ1v) is 12.4. The molecule has 0 spiro atoms. The van der Waals surface area contributed by atoms with Gasteiger partial charge in [0.15, 0.2) is 0 Å². The summed E-state index contributed by atoms with van der Waals surface area (Å²) in [6, 6.07) is 9.20. The van der Waals surface area contributed by atoms with Crippen LogP contribution in [0.1, 0.15) is 71.0 Å². The largest absolute Gasteiger partial charge is 0.481 e. The minimum absolute atomic E-state index is 0.0591. The molecular weight excluding hydrogens is 524 g/mol. The number of hydrogen-bond acceptors (Lipinski definition) is 3. The first-order chi connectivity index (χ1) is 18.2. The lowest BCUT2D eigenvalue weighted by molar-refractivity contribution is -0.141. The van der Waals surface area contributed by atoms with Gasteiger partial charge in [-0.15, -0.1) is 0 Å². The Bertz CT molecular complexity index is 1520. The maximum absolute atomic E-state index is 15.2. The summed E-state index contributed by atoms with van der Waals surface area (Å²) in [6.07, 6.45) is -3.03. The predicted molar refractivity (Wildman–Crippen MR) is 127 cm³/mol. The van der Waals surface area contributed by atoms with E-state index in [9.17, 15) is 31.9 Å². The van der Waals surface area contributed by atoms with E-state index >= 15 is 4.39 Å². The fraction of sp³-hybridized carbons (Fsp3) is 0.379. The van der Waals surface area contributed by atoms with Crippen LogP contribution in [-0.4, -0.2) is 16.1 Å². The van der Waals surface area contributed by atoms with Gasteiger partial charge >= 0.3 is 12.1 Å².